The third kappa shape index (κ3) is 3.99. The first-order valence-corrected chi connectivity index (χ1v) is 9.82. The average molecular weight is 353 g/mol. The fraction of sp³-hybridized carbons (Fsp3) is 0.400. The molecule has 1 fully saturated rings. The molecule has 0 N–H and O–H groups in total. The molecule has 1 aromatic heterocycles. The van der Waals surface area contributed by atoms with Gasteiger partial charge in [-0.1, -0.05) is 30.4 Å². The van der Waals surface area contributed by atoms with Crippen molar-refractivity contribution in [3.63, 3.8) is 0 Å². The van der Waals surface area contributed by atoms with Gasteiger partial charge in [0, 0.05) is 50.2 Å². The van der Waals surface area contributed by atoms with E-state index in [9.17, 15) is 4.79 Å². The number of piperazine rings is 1. The van der Waals surface area contributed by atoms with Gasteiger partial charge in [0.05, 0.1) is 5.51 Å². The number of hydrogen-bond acceptors (Lipinski definition) is 4. The number of carbonyl (C=O) groups excluding carboxylic acids is 1. The van der Waals surface area contributed by atoms with E-state index in [2.05, 4.69) is 40.2 Å². The lowest BCUT2D eigenvalue weighted by atomic mass is 10.1. The van der Waals surface area contributed by atoms with Crippen LogP contribution in [0.2, 0.25) is 0 Å². The van der Waals surface area contributed by atoms with Gasteiger partial charge >= 0.3 is 0 Å². The highest BCUT2D eigenvalue weighted by Crippen LogP contribution is 2.21. The molecule has 0 unspecified atom stereocenters. The minimum Gasteiger partial charge on any atom is -0.340 e. The van der Waals surface area contributed by atoms with E-state index < -0.39 is 0 Å². The third-order valence-electron chi connectivity index (χ3n) is 5.04. The Balaban J connectivity index is 1.24. The van der Waals surface area contributed by atoms with Crippen LogP contribution in [0.1, 0.15) is 28.0 Å². The molecule has 0 bridgehead atoms. The second-order valence-electron chi connectivity index (χ2n) is 6.76. The number of carbonyl (C=O) groups is 1. The summed E-state index contributed by atoms with van der Waals surface area (Å²) in [6.45, 7) is 4.58. The molecule has 1 aliphatic heterocycles. The zero-order valence-electron chi connectivity index (χ0n) is 14.4. The molecular weight excluding hydrogens is 330 g/mol. The van der Waals surface area contributed by atoms with Crippen molar-refractivity contribution in [2.45, 2.75) is 25.8 Å². The predicted octanol–water partition coefficient (Wildman–Crippen LogP) is 2.99. The van der Waals surface area contributed by atoms with Crippen molar-refractivity contribution in [2.24, 2.45) is 0 Å². The van der Waals surface area contributed by atoms with E-state index >= 15 is 0 Å². The van der Waals surface area contributed by atoms with Crippen LogP contribution in [0.5, 0.6) is 0 Å². The summed E-state index contributed by atoms with van der Waals surface area (Å²) < 4.78 is 0. The quantitative estimate of drug-likeness (QED) is 0.829. The van der Waals surface area contributed by atoms with E-state index in [-0.39, 0.29) is 5.91 Å². The predicted molar refractivity (Wildman–Crippen MR) is 101 cm³/mol. The summed E-state index contributed by atoms with van der Waals surface area (Å²) in [6.07, 6.45) is 8.76. The lowest BCUT2D eigenvalue weighted by Gasteiger charge is -2.35. The van der Waals surface area contributed by atoms with Gasteiger partial charge in [-0.3, -0.25) is 14.7 Å². The van der Waals surface area contributed by atoms with Crippen LogP contribution in [0.15, 0.2) is 36.0 Å². The lowest BCUT2D eigenvalue weighted by molar-refractivity contribution is -0.132. The minimum atomic E-state index is 0.275. The lowest BCUT2D eigenvalue weighted by Crippen LogP contribution is -2.48. The number of aromatic nitrogens is 1. The molecule has 1 aromatic carbocycles. The monoisotopic (exact) mass is 353 g/mol. The Morgan fingerprint density at radius 3 is 2.88 bits per heavy atom. The summed E-state index contributed by atoms with van der Waals surface area (Å²) >= 11 is 1.63. The molecule has 1 saturated heterocycles. The molecule has 4 nitrogen and oxygen atoms in total. The molecule has 0 atom stereocenters. The first kappa shape index (κ1) is 16.5. The first-order valence-electron chi connectivity index (χ1n) is 8.94. The molecule has 1 aliphatic carbocycles. The van der Waals surface area contributed by atoms with Crippen LogP contribution in [0.3, 0.4) is 0 Å². The second kappa shape index (κ2) is 7.50. The van der Waals surface area contributed by atoms with Gasteiger partial charge in [-0.05, 0) is 29.5 Å². The van der Waals surface area contributed by atoms with Crippen LogP contribution < -0.4 is 0 Å². The maximum atomic E-state index is 12.4. The Morgan fingerprint density at radius 1 is 1.20 bits per heavy atom. The maximum Gasteiger partial charge on any atom is 0.223 e. The molecule has 0 saturated carbocycles. The number of benzene rings is 1. The van der Waals surface area contributed by atoms with Crippen LogP contribution in [0.25, 0.3) is 6.08 Å². The molecule has 130 valence electrons. The summed E-state index contributed by atoms with van der Waals surface area (Å²) in [6, 6.07) is 6.80. The Bertz CT molecular complexity index is 761. The van der Waals surface area contributed by atoms with E-state index in [4.69, 9.17) is 0 Å². The van der Waals surface area contributed by atoms with Crippen molar-refractivity contribution in [3.05, 3.63) is 57.6 Å². The van der Waals surface area contributed by atoms with Gasteiger partial charge in [-0.2, -0.15) is 0 Å². The van der Waals surface area contributed by atoms with Crippen LogP contribution in [0.4, 0.5) is 0 Å². The molecule has 25 heavy (non-hydrogen) atoms. The number of thiazole rings is 1. The molecule has 4 rings (SSSR count). The summed E-state index contributed by atoms with van der Waals surface area (Å²) in [5.41, 5.74) is 6.01. The molecule has 1 amide bonds. The summed E-state index contributed by atoms with van der Waals surface area (Å²) in [7, 11) is 0. The largest absolute Gasteiger partial charge is 0.340 e. The Kier molecular flexibility index (Phi) is 4.95. The van der Waals surface area contributed by atoms with Gasteiger partial charge in [0.1, 0.15) is 0 Å². The first-order chi connectivity index (χ1) is 12.3. The van der Waals surface area contributed by atoms with E-state index in [1.54, 1.807) is 11.3 Å². The van der Waals surface area contributed by atoms with Crippen LogP contribution in [0, 0.1) is 0 Å². The van der Waals surface area contributed by atoms with Crippen molar-refractivity contribution in [3.8, 4) is 0 Å². The summed E-state index contributed by atoms with van der Waals surface area (Å²) in [4.78, 5) is 22.1. The zero-order valence-corrected chi connectivity index (χ0v) is 15.2. The van der Waals surface area contributed by atoms with Gasteiger partial charge in [0.15, 0.2) is 0 Å². The van der Waals surface area contributed by atoms with Gasteiger partial charge in [-0.15, -0.1) is 11.3 Å². The van der Waals surface area contributed by atoms with Crippen molar-refractivity contribution in [1.29, 1.82) is 0 Å². The fourth-order valence-corrected chi connectivity index (χ4v) is 4.18. The van der Waals surface area contributed by atoms with Crippen molar-refractivity contribution in [1.82, 2.24) is 14.8 Å². The number of fused-ring (bicyclic) bond motifs is 1. The summed E-state index contributed by atoms with van der Waals surface area (Å²) in [5, 5.41) is 0. The Hall–Kier alpha value is -1.98. The summed E-state index contributed by atoms with van der Waals surface area (Å²) in [5.74, 6) is 0.275. The van der Waals surface area contributed by atoms with Crippen molar-refractivity contribution >= 4 is 23.3 Å². The highest BCUT2D eigenvalue weighted by molar-refractivity contribution is 7.09. The van der Waals surface area contributed by atoms with Gasteiger partial charge in [0.2, 0.25) is 5.91 Å². The number of hydrogen-bond donors (Lipinski definition) is 0. The maximum absolute atomic E-state index is 12.4. The van der Waals surface area contributed by atoms with E-state index in [0.29, 0.717) is 6.42 Å². The van der Waals surface area contributed by atoms with Crippen LogP contribution in [-0.2, 0) is 24.2 Å². The highest BCUT2D eigenvalue weighted by Gasteiger charge is 2.21. The molecule has 2 aromatic rings. The molecule has 0 spiro atoms. The van der Waals surface area contributed by atoms with Crippen molar-refractivity contribution in [2.75, 3.05) is 26.2 Å². The Morgan fingerprint density at radius 2 is 2.08 bits per heavy atom. The van der Waals surface area contributed by atoms with Gasteiger partial charge in [-0.25, -0.2) is 0 Å². The van der Waals surface area contributed by atoms with E-state index in [1.165, 1.54) is 21.6 Å². The number of amides is 1. The second-order valence-corrected chi connectivity index (χ2v) is 7.74. The number of allylic oxidation sites excluding steroid dienone is 1. The average Bonchev–Trinajstić information content (AvgIpc) is 3.31. The smallest absolute Gasteiger partial charge is 0.223 e. The molecule has 2 heterocycles. The van der Waals surface area contributed by atoms with Crippen molar-refractivity contribution < 1.29 is 4.79 Å². The Labute approximate surface area is 152 Å². The molecular formula is C20H23N3OS. The molecule has 5 heteroatoms. The molecule has 2 aliphatic rings. The number of rotatable bonds is 5. The number of aryl methyl sites for hydroxylation is 1. The number of nitrogens with zero attached hydrogens (tertiary/aromatic N) is 3. The van der Waals surface area contributed by atoms with E-state index in [0.717, 1.165) is 45.6 Å². The van der Waals surface area contributed by atoms with E-state index in [1.807, 2.05) is 16.6 Å². The van der Waals surface area contributed by atoms with Gasteiger partial charge in [0.25, 0.3) is 0 Å². The van der Waals surface area contributed by atoms with Crippen LogP contribution >= 0.6 is 11.3 Å². The normalized spacial score (nSPS) is 17.0. The molecule has 0 radical (unpaired) electrons. The van der Waals surface area contributed by atoms with Gasteiger partial charge < -0.3 is 4.90 Å². The third-order valence-corrected chi connectivity index (χ3v) is 5.88. The minimum absolute atomic E-state index is 0.275. The standard InChI is InChI=1S/C20H23N3OS/c24-20(7-6-19-13-21-15-25-19)23-10-8-22(9-11-23)14-16-4-5-17-2-1-3-18(17)12-16/h1-2,4-5,12-13,15H,3,6-11,14H2. The fourth-order valence-electron chi connectivity index (χ4n) is 3.58. The zero-order chi connectivity index (χ0) is 17.1. The highest BCUT2D eigenvalue weighted by atomic mass is 32.1. The topological polar surface area (TPSA) is 36.4 Å². The van der Waals surface area contributed by atoms with Crippen LogP contribution in [-0.4, -0.2) is 46.9 Å². The SMILES string of the molecule is O=C(CCc1cncs1)N1CCN(Cc2ccc3c(c2)CC=C3)CC1.